The second-order valence-electron chi connectivity index (χ2n) is 8.84. The van der Waals surface area contributed by atoms with Gasteiger partial charge in [-0.3, -0.25) is 9.59 Å². The molecule has 0 radical (unpaired) electrons. The van der Waals surface area contributed by atoms with Gasteiger partial charge in [0, 0.05) is 32.2 Å². The SMILES string of the molecule is Cc1ccc(OCC(=O)N2CCN(C(=O)c3ccc(F)cc3F)CC2)c(C(C)(C)C)c1. The summed E-state index contributed by atoms with van der Waals surface area (Å²) in [6.45, 7) is 9.42. The molecule has 1 heterocycles. The van der Waals surface area contributed by atoms with E-state index >= 15 is 0 Å². The molecule has 2 aromatic carbocycles. The molecule has 7 heteroatoms. The fraction of sp³-hybridized carbons (Fsp3) is 0.417. The molecule has 1 aliphatic rings. The minimum atomic E-state index is -0.885. The number of piperazine rings is 1. The van der Waals surface area contributed by atoms with Crippen LogP contribution in [0.4, 0.5) is 8.78 Å². The third kappa shape index (κ3) is 5.40. The van der Waals surface area contributed by atoms with Gasteiger partial charge in [0.05, 0.1) is 5.56 Å². The van der Waals surface area contributed by atoms with Crippen LogP contribution < -0.4 is 4.74 Å². The molecule has 0 atom stereocenters. The fourth-order valence-corrected chi connectivity index (χ4v) is 3.58. The van der Waals surface area contributed by atoms with Crippen molar-refractivity contribution in [2.45, 2.75) is 33.1 Å². The van der Waals surface area contributed by atoms with Gasteiger partial charge in [0.2, 0.25) is 0 Å². The lowest BCUT2D eigenvalue weighted by atomic mass is 9.85. The molecule has 0 unspecified atom stereocenters. The van der Waals surface area contributed by atoms with Crippen molar-refractivity contribution in [3.05, 3.63) is 64.7 Å². The van der Waals surface area contributed by atoms with E-state index in [-0.39, 0.29) is 36.6 Å². The molecule has 5 nitrogen and oxygen atoms in total. The van der Waals surface area contributed by atoms with Crippen LogP contribution in [0.15, 0.2) is 36.4 Å². The van der Waals surface area contributed by atoms with Crippen LogP contribution in [0.25, 0.3) is 0 Å². The van der Waals surface area contributed by atoms with Crippen molar-refractivity contribution in [2.24, 2.45) is 0 Å². The van der Waals surface area contributed by atoms with Gasteiger partial charge in [-0.2, -0.15) is 0 Å². The van der Waals surface area contributed by atoms with E-state index < -0.39 is 17.5 Å². The van der Waals surface area contributed by atoms with Gasteiger partial charge in [0.15, 0.2) is 6.61 Å². The van der Waals surface area contributed by atoms with Gasteiger partial charge in [-0.05, 0) is 36.1 Å². The van der Waals surface area contributed by atoms with E-state index in [0.29, 0.717) is 24.9 Å². The standard InChI is InChI=1S/C24H28F2N2O3/c1-16-5-8-21(19(13-16)24(2,3)4)31-15-22(29)27-9-11-28(12-10-27)23(30)18-7-6-17(25)14-20(18)26/h5-8,13-14H,9-12,15H2,1-4H3. The molecule has 1 aliphatic heterocycles. The summed E-state index contributed by atoms with van der Waals surface area (Å²) in [6.07, 6.45) is 0. The molecule has 0 aliphatic carbocycles. The zero-order valence-electron chi connectivity index (χ0n) is 18.4. The molecule has 0 aromatic heterocycles. The Morgan fingerprint density at radius 2 is 1.61 bits per heavy atom. The van der Waals surface area contributed by atoms with Crippen LogP contribution in [-0.2, 0) is 10.2 Å². The van der Waals surface area contributed by atoms with Crippen LogP contribution in [0.5, 0.6) is 5.75 Å². The molecule has 0 saturated carbocycles. The molecular formula is C24H28F2N2O3. The van der Waals surface area contributed by atoms with Crippen LogP contribution in [-0.4, -0.2) is 54.4 Å². The molecule has 1 fully saturated rings. The third-order valence-corrected chi connectivity index (χ3v) is 5.38. The van der Waals surface area contributed by atoms with Crippen molar-refractivity contribution in [1.29, 1.82) is 0 Å². The summed E-state index contributed by atoms with van der Waals surface area (Å²) >= 11 is 0. The molecule has 0 bridgehead atoms. The molecule has 31 heavy (non-hydrogen) atoms. The highest BCUT2D eigenvalue weighted by molar-refractivity contribution is 5.94. The molecule has 0 N–H and O–H groups in total. The molecule has 2 amide bonds. The van der Waals surface area contributed by atoms with Crippen molar-refractivity contribution in [3.8, 4) is 5.75 Å². The summed E-state index contributed by atoms with van der Waals surface area (Å²) in [7, 11) is 0. The number of nitrogens with zero attached hydrogens (tertiary/aromatic N) is 2. The number of carbonyl (C=O) groups is 2. The number of amides is 2. The van der Waals surface area contributed by atoms with Crippen molar-refractivity contribution in [1.82, 2.24) is 9.80 Å². The molecular weight excluding hydrogens is 402 g/mol. The van der Waals surface area contributed by atoms with E-state index in [1.165, 1.54) is 4.90 Å². The van der Waals surface area contributed by atoms with Crippen LogP contribution >= 0.6 is 0 Å². The number of ether oxygens (including phenoxy) is 1. The lowest BCUT2D eigenvalue weighted by molar-refractivity contribution is -0.134. The van der Waals surface area contributed by atoms with Crippen LogP contribution in [0.1, 0.15) is 42.3 Å². The van der Waals surface area contributed by atoms with E-state index in [4.69, 9.17) is 4.74 Å². The third-order valence-electron chi connectivity index (χ3n) is 5.38. The Bertz CT molecular complexity index is 977. The predicted octanol–water partition coefficient (Wildman–Crippen LogP) is 3.93. The van der Waals surface area contributed by atoms with Gasteiger partial charge in [-0.25, -0.2) is 8.78 Å². The maximum Gasteiger partial charge on any atom is 0.260 e. The van der Waals surface area contributed by atoms with Crippen molar-refractivity contribution >= 4 is 11.8 Å². The van der Waals surface area contributed by atoms with Gasteiger partial charge in [0.1, 0.15) is 17.4 Å². The molecule has 1 saturated heterocycles. The fourth-order valence-electron chi connectivity index (χ4n) is 3.58. The average molecular weight is 430 g/mol. The number of benzene rings is 2. The first-order chi connectivity index (χ1) is 14.6. The second-order valence-corrected chi connectivity index (χ2v) is 8.84. The monoisotopic (exact) mass is 430 g/mol. The molecule has 0 spiro atoms. The minimum absolute atomic E-state index is 0.0906. The van der Waals surface area contributed by atoms with Gasteiger partial charge < -0.3 is 14.5 Å². The highest BCUT2D eigenvalue weighted by atomic mass is 19.1. The summed E-state index contributed by atoms with van der Waals surface area (Å²) in [6, 6.07) is 8.81. The first kappa shape index (κ1) is 22.7. The second kappa shape index (κ2) is 9.04. The highest BCUT2D eigenvalue weighted by Gasteiger charge is 2.27. The predicted molar refractivity (Wildman–Crippen MR) is 114 cm³/mol. The first-order valence-electron chi connectivity index (χ1n) is 10.3. The molecule has 166 valence electrons. The number of hydrogen-bond donors (Lipinski definition) is 0. The number of aryl methyl sites for hydroxylation is 1. The summed E-state index contributed by atoms with van der Waals surface area (Å²) < 4.78 is 32.8. The Morgan fingerprint density at radius 3 is 2.23 bits per heavy atom. The topological polar surface area (TPSA) is 49.9 Å². The summed E-state index contributed by atoms with van der Waals surface area (Å²) in [5.74, 6) is -1.60. The number of halogens is 2. The van der Waals surface area contributed by atoms with Crippen LogP contribution in [0.3, 0.4) is 0 Å². The van der Waals surface area contributed by atoms with E-state index in [2.05, 4.69) is 26.8 Å². The van der Waals surface area contributed by atoms with Crippen LogP contribution in [0, 0.1) is 18.6 Å². The Labute approximate surface area is 181 Å². The van der Waals surface area contributed by atoms with E-state index in [0.717, 1.165) is 23.3 Å². The van der Waals surface area contributed by atoms with E-state index in [1.54, 1.807) is 4.90 Å². The Kier molecular flexibility index (Phi) is 6.62. The van der Waals surface area contributed by atoms with Crippen molar-refractivity contribution in [3.63, 3.8) is 0 Å². The minimum Gasteiger partial charge on any atom is -0.483 e. The highest BCUT2D eigenvalue weighted by Crippen LogP contribution is 2.32. The maximum atomic E-state index is 13.9. The lowest BCUT2D eigenvalue weighted by Crippen LogP contribution is -2.51. The molecule has 2 aromatic rings. The van der Waals surface area contributed by atoms with Crippen molar-refractivity contribution in [2.75, 3.05) is 32.8 Å². The number of rotatable bonds is 4. The maximum absolute atomic E-state index is 13.9. The summed E-state index contributed by atoms with van der Waals surface area (Å²) in [4.78, 5) is 28.3. The van der Waals surface area contributed by atoms with E-state index in [1.807, 2.05) is 19.1 Å². The lowest BCUT2D eigenvalue weighted by Gasteiger charge is -2.35. The van der Waals surface area contributed by atoms with Gasteiger partial charge in [0.25, 0.3) is 11.8 Å². The zero-order chi connectivity index (χ0) is 22.8. The van der Waals surface area contributed by atoms with Gasteiger partial charge in [-0.1, -0.05) is 38.5 Å². The zero-order valence-corrected chi connectivity index (χ0v) is 18.4. The Balaban J connectivity index is 1.57. The van der Waals surface area contributed by atoms with Crippen LogP contribution in [0.2, 0.25) is 0 Å². The van der Waals surface area contributed by atoms with E-state index in [9.17, 15) is 18.4 Å². The summed E-state index contributed by atoms with van der Waals surface area (Å²) in [5.41, 5.74) is 1.88. The molecule has 3 rings (SSSR count). The number of carbonyl (C=O) groups excluding carboxylic acids is 2. The Hall–Kier alpha value is -2.96. The first-order valence-corrected chi connectivity index (χ1v) is 10.3. The quantitative estimate of drug-likeness (QED) is 0.739. The van der Waals surface area contributed by atoms with Crippen molar-refractivity contribution < 1.29 is 23.1 Å². The largest absolute Gasteiger partial charge is 0.483 e. The van der Waals surface area contributed by atoms with Gasteiger partial charge in [-0.15, -0.1) is 0 Å². The van der Waals surface area contributed by atoms with Gasteiger partial charge >= 0.3 is 0 Å². The normalized spacial score (nSPS) is 14.5. The smallest absolute Gasteiger partial charge is 0.260 e. The number of hydrogen-bond acceptors (Lipinski definition) is 3. The average Bonchev–Trinajstić information content (AvgIpc) is 2.71. The Morgan fingerprint density at radius 1 is 0.968 bits per heavy atom. The summed E-state index contributed by atoms with van der Waals surface area (Å²) in [5, 5.41) is 0.